The highest BCUT2D eigenvalue weighted by atomic mass is 35.5. The molecule has 0 aromatic carbocycles. The Hall–Kier alpha value is 0.600. The van der Waals surface area contributed by atoms with Gasteiger partial charge in [0, 0.05) is 5.75 Å². The van der Waals surface area contributed by atoms with E-state index < -0.39 is 0 Å². The molecule has 3 heteroatoms. The van der Waals surface area contributed by atoms with E-state index in [1.165, 1.54) is 38.5 Å². The zero-order valence-corrected chi connectivity index (χ0v) is 11.2. The highest BCUT2D eigenvalue weighted by molar-refractivity contribution is 7.99. The van der Waals surface area contributed by atoms with E-state index in [4.69, 9.17) is 11.6 Å². The third-order valence-electron chi connectivity index (χ3n) is 3.10. The highest BCUT2D eigenvalue weighted by Crippen LogP contribution is 2.31. The van der Waals surface area contributed by atoms with Crippen molar-refractivity contribution in [2.75, 3.05) is 11.5 Å². The van der Waals surface area contributed by atoms with Crippen molar-refractivity contribution in [3.63, 3.8) is 0 Å². The van der Waals surface area contributed by atoms with Crippen molar-refractivity contribution < 1.29 is 5.11 Å². The van der Waals surface area contributed by atoms with Crippen LogP contribution in [0.3, 0.4) is 0 Å². The molecule has 2 unspecified atom stereocenters. The first-order valence-corrected chi connectivity index (χ1v) is 7.74. The second-order valence-corrected chi connectivity index (χ2v) is 6.14. The molecule has 0 amide bonds. The molecule has 1 fully saturated rings. The summed E-state index contributed by atoms with van der Waals surface area (Å²) in [5, 5.41) is 9.92. The number of halogens is 1. The quantitative estimate of drug-likeness (QED) is 0.573. The molecule has 1 N–H and O–H groups in total. The Kier molecular flexibility index (Phi) is 7.11. The van der Waals surface area contributed by atoms with Gasteiger partial charge in [-0.2, -0.15) is 11.8 Å². The van der Waals surface area contributed by atoms with Crippen molar-refractivity contribution in [3.05, 3.63) is 0 Å². The number of aliphatic hydroxyl groups excluding tert-OH is 1. The van der Waals surface area contributed by atoms with Gasteiger partial charge in [0.2, 0.25) is 0 Å². The Balaban J connectivity index is 2.21. The van der Waals surface area contributed by atoms with Gasteiger partial charge in [-0.25, -0.2) is 0 Å². The van der Waals surface area contributed by atoms with Gasteiger partial charge in [0.25, 0.3) is 0 Å². The molecule has 0 bridgehead atoms. The molecule has 1 aliphatic carbocycles. The molecule has 1 saturated carbocycles. The average molecular weight is 251 g/mol. The Labute approximate surface area is 103 Å². The standard InChI is InChI=1S/C12H23ClOS/c1-2-8-15-9-11(14)12(13)10-6-4-3-5-7-10/h10-12,14H,2-9H2,1H3. The molecule has 0 saturated heterocycles. The maximum Gasteiger partial charge on any atom is 0.0796 e. The smallest absolute Gasteiger partial charge is 0.0796 e. The van der Waals surface area contributed by atoms with E-state index in [-0.39, 0.29) is 11.5 Å². The minimum Gasteiger partial charge on any atom is -0.391 e. The molecule has 0 spiro atoms. The molecule has 15 heavy (non-hydrogen) atoms. The number of rotatable bonds is 6. The molecule has 1 rings (SSSR count). The third kappa shape index (κ3) is 4.97. The van der Waals surface area contributed by atoms with E-state index in [1.54, 1.807) is 0 Å². The molecule has 1 aliphatic rings. The lowest BCUT2D eigenvalue weighted by molar-refractivity contribution is 0.156. The minimum absolute atomic E-state index is 0.0188. The van der Waals surface area contributed by atoms with Gasteiger partial charge in [0.15, 0.2) is 0 Å². The summed E-state index contributed by atoms with van der Waals surface area (Å²) >= 11 is 8.14. The lowest BCUT2D eigenvalue weighted by atomic mass is 9.85. The summed E-state index contributed by atoms with van der Waals surface area (Å²) in [5.74, 6) is 2.49. The van der Waals surface area contributed by atoms with E-state index in [9.17, 15) is 5.11 Å². The van der Waals surface area contributed by atoms with E-state index in [1.807, 2.05) is 11.8 Å². The maximum atomic E-state index is 9.94. The average Bonchev–Trinajstić information content (AvgIpc) is 2.29. The van der Waals surface area contributed by atoms with E-state index in [0.717, 1.165) is 11.5 Å². The minimum atomic E-state index is -0.314. The predicted molar refractivity (Wildman–Crippen MR) is 69.8 cm³/mol. The van der Waals surface area contributed by atoms with Gasteiger partial charge in [-0.1, -0.05) is 26.2 Å². The van der Waals surface area contributed by atoms with Crippen LogP contribution in [-0.2, 0) is 0 Å². The summed E-state index contributed by atoms with van der Waals surface area (Å²) in [6.07, 6.45) is 7.22. The summed E-state index contributed by atoms with van der Waals surface area (Å²) in [5.41, 5.74) is 0. The summed E-state index contributed by atoms with van der Waals surface area (Å²) in [7, 11) is 0. The molecule has 1 nitrogen and oxygen atoms in total. The van der Waals surface area contributed by atoms with Crippen LogP contribution in [0.15, 0.2) is 0 Å². The number of aliphatic hydroxyl groups is 1. The van der Waals surface area contributed by atoms with Crippen molar-refractivity contribution in [3.8, 4) is 0 Å². The van der Waals surface area contributed by atoms with Crippen LogP contribution < -0.4 is 0 Å². The lowest BCUT2D eigenvalue weighted by Crippen LogP contribution is -2.32. The van der Waals surface area contributed by atoms with Gasteiger partial charge in [0.05, 0.1) is 11.5 Å². The van der Waals surface area contributed by atoms with Crippen molar-refractivity contribution >= 4 is 23.4 Å². The molecule has 2 atom stereocenters. The van der Waals surface area contributed by atoms with Crippen LogP contribution in [0.2, 0.25) is 0 Å². The monoisotopic (exact) mass is 250 g/mol. The van der Waals surface area contributed by atoms with Crippen LogP contribution in [0, 0.1) is 5.92 Å². The maximum absolute atomic E-state index is 9.94. The van der Waals surface area contributed by atoms with Crippen LogP contribution in [0.5, 0.6) is 0 Å². The topological polar surface area (TPSA) is 20.2 Å². The zero-order valence-electron chi connectivity index (χ0n) is 9.62. The fraction of sp³-hybridized carbons (Fsp3) is 1.00. The van der Waals surface area contributed by atoms with Gasteiger partial charge in [0.1, 0.15) is 0 Å². The third-order valence-corrected chi connectivity index (χ3v) is 5.03. The lowest BCUT2D eigenvalue weighted by Gasteiger charge is -2.29. The van der Waals surface area contributed by atoms with Crippen LogP contribution in [0.1, 0.15) is 45.4 Å². The first-order valence-electron chi connectivity index (χ1n) is 6.15. The van der Waals surface area contributed by atoms with Gasteiger partial charge >= 0.3 is 0 Å². The second kappa shape index (κ2) is 7.81. The number of thioether (sulfide) groups is 1. The van der Waals surface area contributed by atoms with Gasteiger partial charge in [-0.3, -0.25) is 0 Å². The number of hydrogen-bond acceptors (Lipinski definition) is 2. The van der Waals surface area contributed by atoms with Crippen molar-refractivity contribution in [1.82, 2.24) is 0 Å². The molecule has 90 valence electrons. The first-order chi connectivity index (χ1) is 7.25. The largest absolute Gasteiger partial charge is 0.391 e. The molecule has 0 heterocycles. The Bertz CT molecular complexity index is 160. The number of hydrogen-bond donors (Lipinski definition) is 1. The van der Waals surface area contributed by atoms with Crippen LogP contribution >= 0.6 is 23.4 Å². The number of alkyl halides is 1. The van der Waals surface area contributed by atoms with Crippen LogP contribution in [-0.4, -0.2) is 28.1 Å². The van der Waals surface area contributed by atoms with Crippen molar-refractivity contribution in [2.24, 2.45) is 5.92 Å². The molecule has 0 aliphatic heterocycles. The van der Waals surface area contributed by atoms with Gasteiger partial charge in [-0.15, -0.1) is 11.6 Å². The Morgan fingerprint density at radius 2 is 2.00 bits per heavy atom. The molecule has 0 aromatic rings. The van der Waals surface area contributed by atoms with Gasteiger partial charge in [-0.05, 0) is 30.9 Å². The second-order valence-electron chi connectivity index (χ2n) is 4.48. The summed E-state index contributed by atoms with van der Waals surface area (Å²) < 4.78 is 0. The Morgan fingerprint density at radius 1 is 1.33 bits per heavy atom. The van der Waals surface area contributed by atoms with Crippen molar-refractivity contribution in [2.45, 2.75) is 56.9 Å². The molecular weight excluding hydrogens is 228 g/mol. The zero-order chi connectivity index (χ0) is 11.1. The van der Waals surface area contributed by atoms with E-state index in [0.29, 0.717) is 5.92 Å². The normalized spacial score (nSPS) is 22.6. The van der Waals surface area contributed by atoms with Crippen molar-refractivity contribution in [1.29, 1.82) is 0 Å². The van der Waals surface area contributed by atoms with Crippen LogP contribution in [0.25, 0.3) is 0 Å². The Morgan fingerprint density at radius 3 is 2.60 bits per heavy atom. The van der Waals surface area contributed by atoms with Gasteiger partial charge < -0.3 is 5.11 Å². The highest BCUT2D eigenvalue weighted by Gasteiger charge is 2.27. The fourth-order valence-electron chi connectivity index (χ4n) is 2.21. The summed E-state index contributed by atoms with van der Waals surface area (Å²) in [4.78, 5) is 0. The summed E-state index contributed by atoms with van der Waals surface area (Å²) in [6, 6.07) is 0. The predicted octanol–water partition coefficient (Wildman–Crippen LogP) is 3.68. The SMILES string of the molecule is CCCSCC(O)C(Cl)C1CCCCC1. The van der Waals surface area contributed by atoms with E-state index >= 15 is 0 Å². The molecule has 0 radical (unpaired) electrons. The fourth-order valence-corrected chi connectivity index (χ4v) is 3.56. The molecular formula is C12H23ClOS. The first kappa shape index (κ1) is 13.7. The van der Waals surface area contributed by atoms with E-state index in [2.05, 4.69) is 6.92 Å². The molecule has 0 aromatic heterocycles. The summed E-state index contributed by atoms with van der Waals surface area (Å²) in [6.45, 7) is 2.17. The van der Waals surface area contributed by atoms with Crippen LogP contribution in [0.4, 0.5) is 0 Å².